The number of nitrogens with zero attached hydrogens (tertiary/aromatic N) is 5. The first-order valence-electron chi connectivity index (χ1n) is 12.7. The van der Waals surface area contributed by atoms with Gasteiger partial charge in [-0.05, 0) is 47.5 Å². The van der Waals surface area contributed by atoms with Gasteiger partial charge < -0.3 is 14.5 Å². The van der Waals surface area contributed by atoms with Crippen molar-refractivity contribution in [3.05, 3.63) is 75.8 Å². The molecule has 1 unspecified atom stereocenters. The van der Waals surface area contributed by atoms with E-state index in [1.54, 1.807) is 0 Å². The zero-order valence-corrected chi connectivity index (χ0v) is 20.4. The smallest absolute Gasteiger partial charge is 0.253 e. The molecule has 3 heterocycles. The summed E-state index contributed by atoms with van der Waals surface area (Å²) in [5.41, 5.74) is 2.34. The van der Waals surface area contributed by atoms with Crippen LogP contribution in [0, 0.1) is 0 Å². The van der Waals surface area contributed by atoms with E-state index in [2.05, 4.69) is 44.5 Å². The molecule has 1 aliphatic heterocycles. The number of benzene rings is 2. The number of aromatic amines is 1. The summed E-state index contributed by atoms with van der Waals surface area (Å²) in [4.78, 5) is 19.0. The van der Waals surface area contributed by atoms with Crippen LogP contribution in [-0.2, 0) is 6.54 Å². The van der Waals surface area contributed by atoms with Gasteiger partial charge in [0.05, 0.1) is 11.6 Å². The monoisotopic (exact) mass is 486 g/mol. The number of nitrogens with one attached hydrogen (secondary N) is 1. The maximum atomic E-state index is 13.6. The highest BCUT2D eigenvalue weighted by atomic mass is 16.6. The Morgan fingerprint density at radius 1 is 1.08 bits per heavy atom. The van der Waals surface area contributed by atoms with Crippen molar-refractivity contribution in [2.45, 2.75) is 51.2 Å². The third kappa shape index (κ3) is 4.24. The Balaban J connectivity index is 1.49. The second kappa shape index (κ2) is 9.73. The van der Waals surface area contributed by atoms with Gasteiger partial charge in [-0.15, -0.1) is 5.10 Å². The number of hydrogen-bond acceptors (Lipinski definition) is 7. The summed E-state index contributed by atoms with van der Waals surface area (Å²) in [7, 11) is 0. The first-order valence-corrected chi connectivity index (χ1v) is 12.7. The van der Waals surface area contributed by atoms with Crippen LogP contribution >= 0.6 is 0 Å². The van der Waals surface area contributed by atoms with Crippen molar-refractivity contribution in [1.29, 1.82) is 0 Å². The summed E-state index contributed by atoms with van der Waals surface area (Å²) in [5.74, 6) is 2.05. The number of H-pyrrole nitrogens is 1. The van der Waals surface area contributed by atoms with Crippen LogP contribution in [0.3, 0.4) is 0 Å². The molecule has 1 aliphatic carbocycles. The zero-order chi connectivity index (χ0) is 24.5. The van der Waals surface area contributed by atoms with Gasteiger partial charge in [-0.25, -0.2) is 4.68 Å². The summed E-state index contributed by atoms with van der Waals surface area (Å²) in [6, 6.07) is 15.9. The topological polar surface area (TPSA) is 98.2 Å². The molecule has 2 aromatic heterocycles. The van der Waals surface area contributed by atoms with E-state index in [1.807, 2.05) is 41.1 Å². The molecule has 1 atom stereocenters. The highest BCUT2D eigenvalue weighted by molar-refractivity contribution is 5.83. The van der Waals surface area contributed by atoms with E-state index in [0.29, 0.717) is 48.2 Å². The maximum Gasteiger partial charge on any atom is 0.253 e. The fourth-order valence-corrected chi connectivity index (χ4v) is 5.45. The van der Waals surface area contributed by atoms with Crippen molar-refractivity contribution in [3.63, 3.8) is 0 Å². The largest absolute Gasteiger partial charge is 0.486 e. The average Bonchev–Trinajstić information content (AvgIpc) is 3.60. The summed E-state index contributed by atoms with van der Waals surface area (Å²) < 4.78 is 13.5. The standard InChI is InChI=1S/C27H30N6O3/c1-2-32(17-18-8-4-3-5-9-18)25(26-29-30-31-33(26)20-10-6-7-11-20)21-14-19-15-23-24(36-13-12-35-23)16-22(19)28-27(21)34/h3-5,8-9,14-16,20,25H,2,6-7,10-13,17H2,1H3,(H,28,34). The number of aromatic nitrogens is 5. The lowest BCUT2D eigenvalue weighted by molar-refractivity contribution is 0.172. The number of tetrazole rings is 1. The van der Waals surface area contributed by atoms with Gasteiger partial charge in [-0.1, -0.05) is 50.1 Å². The fraction of sp³-hybridized carbons (Fsp3) is 0.407. The van der Waals surface area contributed by atoms with Crippen molar-refractivity contribution in [2.75, 3.05) is 19.8 Å². The molecule has 1 saturated carbocycles. The molecular formula is C27H30N6O3. The second-order valence-corrected chi connectivity index (χ2v) is 9.51. The third-order valence-electron chi connectivity index (χ3n) is 7.26. The molecule has 2 aromatic carbocycles. The van der Waals surface area contributed by atoms with Gasteiger partial charge in [-0.2, -0.15) is 0 Å². The van der Waals surface area contributed by atoms with Gasteiger partial charge in [0.25, 0.3) is 5.56 Å². The fourth-order valence-electron chi connectivity index (χ4n) is 5.45. The van der Waals surface area contributed by atoms with Gasteiger partial charge >= 0.3 is 0 Å². The van der Waals surface area contributed by atoms with Crippen LogP contribution in [0.4, 0.5) is 0 Å². The summed E-state index contributed by atoms with van der Waals surface area (Å²) in [5, 5.41) is 13.9. The lowest BCUT2D eigenvalue weighted by Gasteiger charge is -2.30. The van der Waals surface area contributed by atoms with Crippen molar-refractivity contribution < 1.29 is 9.47 Å². The Hall–Kier alpha value is -3.72. The van der Waals surface area contributed by atoms with Crippen LogP contribution in [0.2, 0.25) is 0 Å². The number of fused-ring (bicyclic) bond motifs is 2. The quantitative estimate of drug-likeness (QED) is 0.421. The minimum Gasteiger partial charge on any atom is -0.486 e. The van der Waals surface area contributed by atoms with Gasteiger partial charge in [0, 0.05) is 23.6 Å². The van der Waals surface area contributed by atoms with E-state index in [9.17, 15) is 4.79 Å². The molecule has 9 nitrogen and oxygen atoms in total. The number of hydrogen-bond donors (Lipinski definition) is 1. The Morgan fingerprint density at radius 2 is 1.83 bits per heavy atom. The maximum absolute atomic E-state index is 13.6. The third-order valence-corrected chi connectivity index (χ3v) is 7.26. The van der Waals surface area contributed by atoms with Crippen molar-refractivity contribution in [3.8, 4) is 11.5 Å². The Kier molecular flexibility index (Phi) is 6.14. The molecular weight excluding hydrogens is 456 g/mol. The van der Waals surface area contributed by atoms with Crippen molar-refractivity contribution >= 4 is 10.9 Å². The highest BCUT2D eigenvalue weighted by Crippen LogP contribution is 2.37. The molecule has 0 bridgehead atoms. The summed E-state index contributed by atoms with van der Waals surface area (Å²) >= 11 is 0. The molecule has 36 heavy (non-hydrogen) atoms. The van der Waals surface area contributed by atoms with E-state index in [-0.39, 0.29) is 11.6 Å². The zero-order valence-electron chi connectivity index (χ0n) is 20.4. The lowest BCUT2D eigenvalue weighted by atomic mass is 10.0. The molecule has 4 aromatic rings. The average molecular weight is 487 g/mol. The first-order chi connectivity index (χ1) is 17.7. The second-order valence-electron chi connectivity index (χ2n) is 9.51. The van der Waals surface area contributed by atoms with Crippen LogP contribution in [0.5, 0.6) is 11.5 Å². The minimum absolute atomic E-state index is 0.156. The molecule has 6 rings (SSSR count). The number of rotatable bonds is 7. The lowest BCUT2D eigenvalue weighted by Crippen LogP contribution is -2.35. The summed E-state index contributed by atoms with van der Waals surface area (Å²) in [6.07, 6.45) is 4.43. The molecule has 0 saturated heterocycles. The predicted molar refractivity (Wildman–Crippen MR) is 135 cm³/mol. The van der Waals surface area contributed by atoms with E-state index < -0.39 is 6.04 Å². The van der Waals surface area contributed by atoms with Gasteiger partial charge in [0.15, 0.2) is 17.3 Å². The highest BCUT2D eigenvalue weighted by Gasteiger charge is 2.33. The number of ether oxygens (including phenoxy) is 2. The van der Waals surface area contributed by atoms with Crippen LogP contribution in [-0.4, -0.2) is 49.8 Å². The Bertz CT molecular complexity index is 1410. The van der Waals surface area contributed by atoms with E-state index >= 15 is 0 Å². The molecule has 0 spiro atoms. The normalized spacial score (nSPS) is 16.6. The molecule has 1 N–H and O–H groups in total. The Labute approximate surface area is 209 Å². The first kappa shape index (κ1) is 22.7. The molecule has 0 radical (unpaired) electrons. The molecule has 1 fully saturated rings. The van der Waals surface area contributed by atoms with E-state index in [0.717, 1.165) is 24.8 Å². The van der Waals surface area contributed by atoms with Gasteiger partial charge in [-0.3, -0.25) is 9.69 Å². The van der Waals surface area contributed by atoms with Crippen LogP contribution < -0.4 is 15.0 Å². The molecule has 9 heteroatoms. The predicted octanol–water partition coefficient (Wildman–Crippen LogP) is 4.01. The number of pyridine rings is 1. The molecule has 186 valence electrons. The molecule has 2 aliphatic rings. The minimum atomic E-state index is -0.410. The van der Waals surface area contributed by atoms with Gasteiger partial charge in [0.2, 0.25) is 0 Å². The van der Waals surface area contributed by atoms with Crippen LogP contribution in [0.1, 0.15) is 61.6 Å². The van der Waals surface area contributed by atoms with Crippen LogP contribution in [0.25, 0.3) is 10.9 Å². The van der Waals surface area contributed by atoms with Crippen molar-refractivity contribution in [1.82, 2.24) is 30.1 Å². The van der Waals surface area contributed by atoms with E-state index in [4.69, 9.17) is 9.47 Å². The summed E-state index contributed by atoms with van der Waals surface area (Å²) in [6.45, 7) is 4.50. The van der Waals surface area contributed by atoms with Gasteiger partial charge in [0.1, 0.15) is 19.3 Å². The van der Waals surface area contributed by atoms with Crippen molar-refractivity contribution in [2.24, 2.45) is 0 Å². The Morgan fingerprint density at radius 3 is 2.58 bits per heavy atom. The van der Waals surface area contributed by atoms with E-state index in [1.165, 1.54) is 18.4 Å². The van der Waals surface area contributed by atoms with Crippen LogP contribution in [0.15, 0.2) is 53.3 Å². The SMILES string of the molecule is CCN(Cc1ccccc1)C(c1cc2cc3c(cc2[nH]c1=O)OCCO3)c1nnnn1C1CCCC1. The molecule has 0 amide bonds.